The van der Waals surface area contributed by atoms with E-state index in [4.69, 9.17) is 9.31 Å². The van der Waals surface area contributed by atoms with Crippen LogP contribution in [0.1, 0.15) is 0 Å². The van der Waals surface area contributed by atoms with E-state index in [0.29, 0.717) is 0 Å². The van der Waals surface area contributed by atoms with Gasteiger partial charge in [0.05, 0.1) is 0 Å². The highest BCUT2D eigenvalue weighted by molar-refractivity contribution is 6.68. The quantitative estimate of drug-likeness (QED) is 0.582. The average molecular weight is 270 g/mol. The molecule has 2 heterocycles. The first-order valence-corrected chi connectivity index (χ1v) is 7.07. The molecule has 3 heteroatoms. The van der Waals surface area contributed by atoms with Gasteiger partial charge in [-0.1, -0.05) is 54.6 Å². The zero-order chi connectivity index (χ0) is 13.8. The Labute approximate surface area is 123 Å². The van der Waals surface area contributed by atoms with Gasteiger partial charge in [-0.05, 0) is 23.3 Å². The third-order valence-corrected chi connectivity index (χ3v) is 4.16. The molecule has 5 rings (SSSR count). The van der Waals surface area contributed by atoms with E-state index >= 15 is 0 Å². The molecule has 3 aromatic carbocycles. The predicted octanol–water partition coefficient (Wildman–Crippen LogP) is 3.50. The fraction of sp³-hybridized carbons (Fsp3) is 0. The Hall–Kier alpha value is -2.68. The van der Waals surface area contributed by atoms with Gasteiger partial charge >= 0.3 is 7.12 Å². The molecular weight excluding hydrogens is 259 g/mol. The second-order valence-electron chi connectivity index (χ2n) is 5.33. The maximum Gasteiger partial charge on any atom is 0.633 e. The molecule has 0 bridgehead atoms. The first-order valence-electron chi connectivity index (χ1n) is 7.07. The van der Waals surface area contributed by atoms with Crippen molar-refractivity contribution in [1.82, 2.24) is 0 Å². The van der Waals surface area contributed by atoms with Crippen LogP contribution in [0.5, 0.6) is 11.5 Å². The van der Waals surface area contributed by atoms with Crippen LogP contribution in [0.4, 0.5) is 0 Å². The first-order chi connectivity index (χ1) is 10.4. The largest absolute Gasteiger partial charge is 0.633 e. The topological polar surface area (TPSA) is 18.5 Å². The molecule has 98 valence electrons. The Balaban J connectivity index is 1.86. The summed E-state index contributed by atoms with van der Waals surface area (Å²) in [7, 11) is -0.360. The Morgan fingerprint density at radius 2 is 1.00 bits per heavy atom. The van der Waals surface area contributed by atoms with E-state index in [1.165, 1.54) is 11.1 Å². The lowest BCUT2D eigenvalue weighted by molar-refractivity contribution is 0.436. The molecule has 2 aliphatic heterocycles. The molecule has 0 spiro atoms. The molecule has 0 amide bonds. The van der Waals surface area contributed by atoms with Crippen LogP contribution in [-0.2, 0) is 0 Å². The molecule has 0 unspecified atom stereocenters. The van der Waals surface area contributed by atoms with Crippen molar-refractivity contribution in [2.75, 3.05) is 0 Å². The van der Waals surface area contributed by atoms with Crippen LogP contribution < -0.4 is 14.8 Å². The molecule has 3 aromatic rings. The number of benzene rings is 3. The molecule has 0 atom stereocenters. The Kier molecular flexibility index (Phi) is 2.06. The molecule has 0 saturated heterocycles. The van der Waals surface area contributed by atoms with Gasteiger partial charge in [-0.2, -0.15) is 0 Å². The molecule has 0 aromatic heterocycles. The normalized spacial score (nSPS) is 13.4. The highest BCUT2D eigenvalue weighted by Crippen LogP contribution is 2.40. The molecule has 0 aliphatic carbocycles. The van der Waals surface area contributed by atoms with Crippen molar-refractivity contribution < 1.29 is 9.31 Å². The highest BCUT2D eigenvalue weighted by atomic mass is 16.6. The second-order valence-corrected chi connectivity index (χ2v) is 5.33. The van der Waals surface area contributed by atoms with Gasteiger partial charge in [-0.3, -0.25) is 0 Å². The summed E-state index contributed by atoms with van der Waals surface area (Å²) in [5, 5.41) is 0. The van der Waals surface area contributed by atoms with Crippen LogP contribution >= 0.6 is 0 Å². The Morgan fingerprint density at radius 3 is 1.57 bits per heavy atom. The van der Waals surface area contributed by atoms with Crippen molar-refractivity contribution in [3.63, 3.8) is 0 Å². The van der Waals surface area contributed by atoms with E-state index in [9.17, 15) is 0 Å². The fourth-order valence-electron chi connectivity index (χ4n) is 3.25. The summed E-state index contributed by atoms with van der Waals surface area (Å²) in [6.45, 7) is 0. The zero-order valence-electron chi connectivity index (χ0n) is 11.2. The van der Waals surface area contributed by atoms with E-state index < -0.39 is 0 Å². The van der Waals surface area contributed by atoms with Crippen LogP contribution in [0.3, 0.4) is 0 Å². The maximum absolute atomic E-state index is 6.07. The predicted molar refractivity (Wildman–Crippen MR) is 84.0 cm³/mol. The lowest BCUT2D eigenvalue weighted by Crippen LogP contribution is -2.48. The number of fused-ring (bicyclic) bond motifs is 4. The van der Waals surface area contributed by atoms with E-state index in [2.05, 4.69) is 30.3 Å². The number of hydrogen-bond donors (Lipinski definition) is 0. The van der Waals surface area contributed by atoms with Crippen LogP contribution in [0, 0.1) is 0 Å². The Bertz CT molecular complexity index is 805. The minimum Gasteiger partial charge on any atom is -0.521 e. The van der Waals surface area contributed by atoms with Gasteiger partial charge < -0.3 is 9.31 Å². The van der Waals surface area contributed by atoms with Crippen LogP contribution in [0.2, 0.25) is 0 Å². The summed E-state index contributed by atoms with van der Waals surface area (Å²) in [5.41, 5.74) is 5.81. The molecule has 0 saturated carbocycles. The van der Waals surface area contributed by atoms with Crippen molar-refractivity contribution in [1.29, 1.82) is 0 Å². The van der Waals surface area contributed by atoms with Crippen molar-refractivity contribution in [2.45, 2.75) is 0 Å². The van der Waals surface area contributed by atoms with Gasteiger partial charge in [0.15, 0.2) is 0 Å². The van der Waals surface area contributed by atoms with Gasteiger partial charge in [0, 0.05) is 16.6 Å². The summed E-state index contributed by atoms with van der Waals surface area (Å²) >= 11 is 0. The third kappa shape index (κ3) is 1.43. The monoisotopic (exact) mass is 270 g/mol. The van der Waals surface area contributed by atoms with Gasteiger partial charge in [0.2, 0.25) is 0 Å². The summed E-state index contributed by atoms with van der Waals surface area (Å²) in [4.78, 5) is 0. The minimum absolute atomic E-state index is 0.360. The van der Waals surface area contributed by atoms with Gasteiger partial charge in [0.1, 0.15) is 11.5 Å². The number of rotatable bonds is 0. The van der Waals surface area contributed by atoms with Crippen molar-refractivity contribution in [3.05, 3.63) is 66.7 Å². The van der Waals surface area contributed by atoms with Crippen molar-refractivity contribution >= 4 is 12.6 Å². The minimum atomic E-state index is -0.360. The number of para-hydroxylation sites is 2. The molecular formula is C18H11BO2. The van der Waals surface area contributed by atoms with E-state index in [-0.39, 0.29) is 7.12 Å². The molecule has 0 N–H and O–H groups in total. The second kappa shape index (κ2) is 3.92. The molecule has 0 radical (unpaired) electrons. The molecule has 2 aliphatic rings. The summed E-state index contributed by atoms with van der Waals surface area (Å²) in [6, 6.07) is 22.6. The van der Waals surface area contributed by atoms with Crippen LogP contribution in [-0.4, -0.2) is 7.12 Å². The number of hydrogen-bond acceptors (Lipinski definition) is 2. The fourth-order valence-corrected chi connectivity index (χ4v) is 3.25. The van der Waals surface area contributed by atoms with Gasteiger partial charge in [-0.25, -0.2) is 0 Å². The Morgan fingerprint density at radius 1 is 0.524 bits per heavy atom. The standard InChI is InChI=1S/C18H11BO2/c1-3-10-16-12(6-1)14-8-5-9-15-13-7-2-4-11-17(13)21-19(20-16)18(14)15/h1-11H. The average Bonchev–Trinajstić information content (AvgIpc) is 2.55. The molecule has 21 heavy (non-hydrogen) atoms. The van der Waals surface area contributed by atoms with Crippen molar-refractivity contribution in [3.8, 4) is 33.8 Å². The smallest absolute Gasteiger partial charge is 0.521 e. The molecule has 0 fully saturated rings. The van der Waals surface area contributed by atoms with Gasteiger partial charge in [0.25, 0.3) is 0 Å². The van der Waals surface area contributed by atoms with E-state index in [0.717, 1.165) is 28.1 Å². The lowest BCUT2D eigenvalue weighted by Gasteiger charge is -2.31. The highest BCUT2D eigenvalue weighted by Gasteiger charge is 2.40. The van der Waals surface area contributed by atoms with E-state index in [1.54, 1.807) is 0 Å². The van der Waals surface area contributed by atoms with Crippen molar-refractivity contribution in [2.24, 2.45) is 0 Å². The molecule has 2 nitrogen and oxygen atoms in total. The zero-order valence-corrected chi connectivity index (χ0v) is 11.2. The van der Waals surface area contributed by atoms with Gasteiger partial charge in [-0.15, -0.1) is 0 Å². The maximum atomic E-state index is 6.07. The summed E-state index contributed by atoms with van der Waals surface area (Å²) in [5.74, 6) is 1.76. The summed E-state index contributed by atoms with van der Waals surface area (Å²) < 4.78 is 12.1. The van der Waals surface area contributed by atoms with Crippen LogP contribution in [0.15, 0.2) is 66.7 Å². The lowest BCUT2D eigenvalue weighted by atomic mass is 9.66. The summed E-state index contributed by atoms with van der Waals surface area (Å²) in [6.07, 6.45) is 0. The van der Waals surface area contributed by atoms with E-state index in [1.807, 2.05) is 36.4 Å². The third-order valence-electron chi connectivity index (χ3n) is 4.16. The van der Waals surface area contributed by atoms with Crippen LogP contribution in [0.25, 0.3) is 22.3 Å². The SMILES string of the molecule is c1ccc2c(c1)OB1Oc3ccccc3-c3cccc-2c31. The first kappa shape index (κ1) is 11.0.